The molecule has 0 saturated heterocycles. The minimum atomic E-state index is 0. The highest BCUT2D eigenvalue weighted by Gasteiger charge is 2.09. The van der Waals surface area contributed by atoms with Crippen molar-refractivity contribution in [2.24, 2.45) is 12.0 Å². The summed E-state index contributed by atoms with van der Waals surface area (Å²) in [5.74, 6) is 3.18. The van der Waals surface area contributed by atoms with E-state index in [0.717, 1.165) is 28.7 Å². The molecule has 3 heterocycles. The number of benzene rings is 1. The van der Waals surface area contributed by atoms with Gasteiger partial charge in [0.1, 0.15) is 5.82 Å². The third-order valence-electron chi connectivity index (χ3n) is 4.66. The summed E-state index contributed by atoms with van der Waals surface area (Å²) in [6, 6.07) is 16.0. The summed E-state index contributed by atoms with van der Waals surface area (Å²) in [6.45, 7) is 3.49. The number of guanidine groups is 1. The Balaban J connectivity index is 0.00000256. The number of hydrogen-bond acceptors (Lipinski definition) is 5. The molecular weight excluding hydrogens is 493 g/mol. The first-order valence-corrected chi connectivity index (χ1v) is 9.40. The Hall–Kier alpha value is -3.02. The number of hydrogen-bond donors (Lipinski definition) is 2. The molecule has 0 radical (unpaired) electrons. The molecule has 9 nitrogen and oxygen atoms in total. The maximum Gasteiger partial charge on any atom is 0.192 e. The molecule has 10 heteroatoms. The topological polar surface area (TPSA) is 97.3 Å². The second-order valence-corrected chi connectivity index (χ2v) is 6.63. The average molecular weight is 517 g/mol. The summed E-state index contributed by atoms with van der Waals surface area (Å²) < 4.78 is 3.90. The summed E-state index contributed by atoms with van der Waals surface area (Å²) in [5, 5.41) is 23.4. The SMILES string of the molecule is Cc1nnc(CNC(=NCc2ccccc2)NCc2nnc3ccccn23)n1C.I. The van der Waals surface area contributed by atoms with Crippen LogP contribution in [-0.2, 0) is 26.7 Å². The van der Waals surface area contributed by atoms with Crippen LogP contribution in [0.2, 0.25) is 0 Å². The van der Waals surface area contributed by atoms with Gasteiger partial charge in [0.2, 0.25) is 0 Å². The summed E-state index contributed by atoms with van der Waals surface area (Å²) in [5.41, 5.74) is 1.95. The molecule has 156 valence electrons. The van der Waals surface area contributed by atoms with Crippen molar-refractivity contribution in [3.8, 4) is 0 Å². The highest BCUT2D eigenvalue weighted by atomic mass is 127. The van der Waals surface area contributed by atoms with Crippen molar-refractivity contribution in [2.75, 3.05) is 0 Å². The first-order valence-electron chi connectivity index (χ1n) is 9.40. The zero-order valence-electron chi connectivity index (χ0n) is 16.9. The van der Waals surface area contributed by atoms with E-state index >= 15 is 0 Å². The summed E-state index contributed by atoms with van der Waals surface area (Å²) in [7, 11) is 1.95. The lowest BCUT2D eigenvalue weighted by atomic mass is 10.2. The van der Waals surface area contributed by atoms with Crippen molar-refractivity contribution < 1.29 is 0 Å². The van der Waals surface area contributed by atoms with Gasteiger partial charge in [-0.05, 0) is 24.6 Å². The van der Waals surface area contributed by atoms with E-state index in [1.165, 1.54) is 0 Å². The fourth-order valence-corrected chi connectivity index (χ4v) is 2.87. The molecule has 3 aromatic heterocycles. The van der Waals surface area contributed by atoms with E-state index in [2.05, 4.69) is 43.2 Å². The molecular formula is C20H24IN9. The first-order chi connectivity index (χ1) is 14.2. The zero-order chi connectivity index (χ0) is 20.1. The lowest BCUT2D eigenvalue weighted by molar-refractivity contribution is 0.705. The number of aromatic nitrogens is 6. The van der Waals surface area contributed by atoms with Crippen LogP contribution in [0.15, 0.2) is 59.7 Å². The molecule has 30 heavy (non-hydrogen) atoms. The predicted octanol–water partition coefficient (Wildman–Crippen LogP) is 2.22. The van der Waals surface area contributed by atoms with E-state index < -0.39 is 0 Å². The van der Waals surface area contributed by atoms with Crippen LogP contribution in [-0.4, -0.2) is 35.3 Å². The van der Waals surface area contributed by atoms with Crippen LogP contribution in [0.4, 0.5) is 0 Å². The Labute approximate surface area is 191 Å². The van der Waals surface area contributed by atoms with Crippen molar-refractivity contribution in [1.82, 2.24) is 40.0 Å². The molecule has 0 aliphatic carbocycles. The maximum atomic E-state index is 4.70. The quantitative estimate of drug-likeness (QED) is 0.231. The average Bonchev–Trinajstić information content (AvgIpc) is 3.32. The predicted molar refractivity (Wildman–Crippen MR) is 125 cm³/mol. The molecule has 0 fully saturated rings. The van der Waals surface area contributed by atoms with Crippen LogP contribution in [0.3, 0.4) is 0 Å². The fourth-order valence-electron chi connectivity index (χ4n) is 2.87. The van der Waals surface area contributed by atoms with E-state index in [4.69, 9.17) is 4.99 Å². The normalized spacial score (nSPS) is 11.3. The van der Waals surface area contributed by atoms with Crippen LogP contribution in [0, 0.1) is 6.92 Å². The lowest BCUT2D eigenvalue weighted by Gasteiger charge is -2.12. The number of fused-ring (bicyclic) bond motifs is 1. The third kappa shape index (κ3) is 5.12. The van der Waals surface area contributed by atoms with Gasteiger partial charge in [-0.15, -0.1) is 44.4 Å². The largest absolute Gasteiger partial charge is 0.349 e. The van der Waals surface area contributed by atoms with Crippen molar-refractivity contribution in [3.05, 3.63) is 77.8 Å². The van der Waals surface area contributed by atoms with Gasteiger partial charge >= 0.3 is 0 Å². The number of aryl methyl sites for hydroxylation is 1. The van der Waals surface area contributed by atoms with Gasteiger partial charge in [-0.25, -0.2) is 4.99 Å². The van der Waals surface area contributed by atoms with Gasteiger partial charge in [-0.1, -0.05) is 36.4 Å². The molecule has 0 spiro atoms. The smallest absolute Gasteiger partial charge is 0.192 e. The van der Waals surface area contributed by atoms with Gasteiger partial charge in [0.25, 0.3) is 0 Å². The second-order valence-electron chi connectivity index (χ2n) is 6.63. The monoisotopic (exact) mass is 517 g/mol. The number of pyridine rings is 1. The minimum absolute atomic E-state index is 0. The zero-order valence-corrected chi connectivity index (χ0v) is 19.2. The fraction of sp³-hybridized carbons (Fsp3) is 0.250. The van der Waals surface area contributed by atoms with Gasteiger partial charge in [0, 0.05) is 13.2 Å². The summed E-state index contributed by atoms with van der Waals surface area (Å²) >= 11 is 0. The highest BCUT2D eigenvalue weighted by Crippen LogP contribution is 2.04. The number of aliphatic imine (C=N–C) groups is 1. The van der Waals surface area contributed by atoms with E-state index in [0.29, 0.717) is 25.6 Å². The molecule has 0 aliphatic heterocycles. The van der Waals surface area contributed by atoms with Crippen LogP contribution < -0.4 is 10.6 Å². The number of nitrogens with zero attached hydrogens (tertiary/aromatic N) is 7. The Morgan fingerprint density at radius 1 is 0.900 bits per heavy atom. The lowest BCUT2D eigenvalue weighted by Crippen LogP contribution is -2.37. The van der Waals surface area contributed by atoms with Gasteiger partial charge in [0.15, 0.2) is 23.3 Å². The Morgan fingerprint density at radius 3 is 2.33 bits per heavy atom. The molecule has 1 aromatic carbocycles. The molecule has 0 atom stereocenters. The van der Waals surface area contributed by atoms with Crippen LogP contribution in [0.5, 0.6) is 0 Å². The van der Waals surface area contributed by atoms with Crippen molar-refractivity contribution in [3.63, 3.8) is 0 Å². The Morgan fingerprint density at radius 2 is 1.60 bits per heavy atom. The number of rotatable bonds is 6. The van der Waals surface area contributed by atoms with Crippen LogP contribution in [0.25, 0.3) is 5.65 Å². The van der Waals surface area contributed by atoms with Crippen molar-refractivity contribution in [2.45, 2.75) is 26.6 Å². The summed E-state index contributed by atoms with van der Waals surface area (Å²) in [4.78, 5) is 4.70. The van der Waals surface area contributed by atoms with Gasteiger partial charge in [-0.2, -0.15) is 0 Å². The second kappa shape index (κ2) is 10.1. The van der Waals surface area contributed by atoms with Crippen molar-refractivity contribution >= 4 is 35.6 Å². The molecule has 0 saturated carbocycles. The van der Waals surface area contributed by atoms with E-state index in [1.54, 1.807) is 0 Å². The maximum absolute atomic E-state index is 4.70. The molecule has 0 amide bonds. The molecule has 4 aromatic rings. The molecule has 0 aliphatic rings. The van der Waals surface area contributed by atoms with Gasteiger partial charge in [0.05, 0.1) is 19.6 Å². The Kier molecular flexibility index (Phi) is 7.33. The van der Waals surface area contributed by atoms with E-state index in [1.807, 2.05) is 65.5 Å². The van der Waals surface area contributed by atoms with Crippen molar-refractivity contribution in [1.29, 1.82) is 0 Å². The summed E-state index contributed by atoms with van der Waals surface area (Å²) in [6.07, 6.45) is 1.95. The molecule has 4 rings (SSSR count). The number of halogens is 1. The molecule has 2 N–H and O–H groups in total. The van der Waals surface area contributed by atoms with Crippen LogP contribution in [0.1, 0.15) is 23.0 Å². The van der Waals surface area contributed by atoms with Gasteiger partial charge in [-0.3, -0.25) is 4.40 Å². The third-order valence-corrected chi connectivity index (χ3v) is 4.66. The van der Waals surface area contributed by atoms with E-state index in [9.17, 15) is 0 Å². The standard InChI is InChI=1S/C20H23N9.HI/c1-15-24-26-18(28(15)2)13-22-20(21-12-16-8-4-3-5-9-16)23-14-19-27-25-17-10-6-7-11-29(17)19;/h3-11H,12-14H2,1-2H3,(H2,21,22,23);1H. The Bertz CT molecular complexity index is 1120. The van der Waals surface area contributed by atoms with Crippen LogP contribution >= 0.6 is 24.0 Å². The molecule has 0 bridgehead atoms. The molecule has 0 unspecified atom stereocenters. The number of nitrogens with one attached hydrogen (secondary N) is 2. The minimum Gasteiger partial charge on any atom is -0.349 e. The van der Waals surface area contributed by atoms with E-state index in [-0.39, 0.29) is 24.0 Å². The highest BCUT2D eigenvalue weighted by molar-refractivity contribution is 14.0. The van der Waals surface area contributed by atoms with Gasteiger partial charge < -0.3 is 15.2 Å². The first kappa shape index (κ1) is 21.7.